The second kappa shape index (κ2) is 4.70. The summed E-state index contributed by atoms with van der Waals surface area (Å²) in [5.41, 5.74) is -0.510. The van der Waals surface area contributed by atoms with Crippen molar-refractivity contribution in [2.75, 3.05) is 7.11 Å². The highest BCUT2D eigenvalue weighted by Gasteiger charge is 2.43. The van der Waals surface area contributed by atoms with Crippen LogP contribution in [-0.4, -0.2) is 27.1 Å². The fraction of sp³-hybridized carbons (Fsp3) is 0.400. The molecular formula is C10H15B2O4. The minimum atomic E-state index is -0.594. The molecule has 0 aromatic carbocycles. The summed E-state index contributed by atoms with van der Waals surface area (Å²) < 4.78 is 20.9. The molecule has 0 aromatic rings. The molecule has 1 fully saturated rings. The highest BCUT2D eigenvalue weighted by molar-refractivity contribution is 7.03. The van der Waals surface area contributed by atoms with Crippen molar-refractivity contribution < 1.29 is 18.7 Å². The van der Waals surface area contributed by atoms with Gasteiger partial charge in [-0.1, -0.05) is 19.7 Å². The first kappa shape index (κ1) is 12.8. The van der Waals surface area contributed by atoms with E-state index >= 15 is 0 Å². The molecule has 0 bridgehead atoms. The molecular weight excluding hydrogens is 206 g/mol. The molecule has 1 rings (SSSR count). The van der Waals surface area contributed by atoms with E-state index in [0.717, 1.165) is 0 Å². The predicted molar refractivity (Wildman–Crippen MR) is 63.3 cm³/mol. The van der Waals surface area contributed by atoms with E-state index in [4.69, 9.17) is 18.7 Å². The average molecular weight is 221 g/mol. The molecule has 0 N–H and O–H groups in total. The maximum atomic E-state index is 5.51. The molecule has 0 aromatic heterocycles. The van der Waals surface area contributed by atoms with Crippen molar-refractivity contribution >= 4 is 14.4 Å². The van der Waals surface area contributed by atoms with Gasteiger partial charge in [0.2, 0.25) is 0 Å². The monoisotopic (exact) mass is 221 g/mol. The quantitative estimate of drug-likeness (QED) is 0.401. The summed E-state index contributed by atoms with van der Waals surface area (Å²) in [6.45, 7) is 14.7. The normalized spacial score (nSPS) is 17.7. The minimum Gasteiger partial charge on any atom is -0.561 e. The van der Waals surface area contributed by atoms with Crippen molar-refractivity contribution in [2.24, 2.45) is 0 Å². The van der Waals surface area contributed by atoms with E-state index in [1.165, 1.54) is 14.5 Å². The number of ether oxygens (including phenoxy) is 1. The topological polar surface area (TPSA) is 36.9 Å². The molecule has 1 aliphatic heterocycles. The van der Waals surface area contributed by atoms with E-state index in [1.807, 2.05) is 13.8 Å². The Morgan fingerprint density at radius 2 is 2.00 bits per heavy atom. The molecule has 4 nitrogen and oxygen atoms in total. The third kappa shape index (κ3) is 2.85. The molecule has 1 heterocycles. The maximum absolute atomic E-state index is 5.51. The van der Waals surface area contributed by atoms with Crippen LogP contribution in [0, 0.1) is 0 Å². The fourth-order valence-corrected chi connectivity index (χ4v) is 1.04. The Labute approximate surface area is 97.3 Å². The van der Waals surface area contributed by atoms with E-state index in [-0.39, 0.29) is 0 Å². The van der Waals surface area contributed by atoms with Crippen molar-refractivity contribution in [3.8, 4) is 0 Å². The van der Waals surface area contributed by atoms with Crippen LogP contribution in [0.1, 0.15) is 13.8 Å². The molecule has 0 atom stereocenters. The third-order valence-electron chi connectivity index (χ3n) is 2.22. The fourth-order valence-electron chi connectivity index (χ4n) is 1.04. The zero-order chi connectivity index (χ0) is 12.3. The van der Waals surface area contributed by atoms with Gasteiger partial charge in [-0.15, -0.1) is 0 Å². The first-order valence-electron chi connectivity index (χ1n) is 4.83. The van der Waals surface area contributed by atoms with Crippen molar-refractivity contribution in [3.63, 3.8) is 0 Å². The van der Waals surface area contributed by atoms with Gasteiger partial charge in [0.05, 0.1) is 12.9 Å². The number of hydrogen-bond acceptors (Lipinski definition) is 4. The van der Waals surface area contributed by atoms with Gasteiger partial charge in [0, 0.05) is 0 Å². The lowest BCUT2D eigenvalue weighted by Gasteiger charge is -2.15. The van der Waals surface area contributed by atoms with Crippen LogP contribution in [0.15, 0.2) is 37.0 Å². The summed E-state index contributed by atoms with van der Waals surface area (Å²) in [6.07, 6.45) is 0. The van der Waals surface area contributed by atoms with Gasteiger partial charge < -0.3 is 18.7 Å². The highest BCUT2D eigenvalue weighted by Crippen LogP contribution is 2.29. The van der Waals surface area contributed by atoms with Gasteiger partial charge >= 0.3 is 14.4 Å². The Morgan fingerprint density at radius 1 is 1.38 bits per heavy atom. The molecule has 0 unspecified atom stereocenters. The molecule has 16 heavy (non-hydrogen) atoms. The molecule has 0 amide bonds. The summed E-state index contributed by atoms with van der Waals surface area (Å²) in [5, 5.41) is 0. The standard InChI is InChI=1S/C10H15B2O4/c1-7(13-6)8(2)14-11-12-15-9(3)10(4,5)16-12/h1-3H2,4-6H3. The number of hydrogen-bond donors (Lipinski definition) is 0. The van der Waals surface area contributed by atoms with E-state index in [2.05, 4.69) is 19.7 Å². The van der Waals surface area contributed by atoms with Crippen LogP contribution in [0.2, 0.25) is 0 Å². The van der Waals surface area contributed by atoms with Crippen LogP contribution in [0.3, 0.4) is 0 Å². The molecule has 0 saturated carbocycles. The van der Waals surface area contributed by atoms with Crippen LogP contribution in [0.4, 0.5) is 0 Å². The Morgan fingerprint density at radius 3 is 2.44 bits per heavy atom. The first-order chi connectivity index (χ1) is 7.36. The average Bonchev–Trinajstić information content (AvgIpc) is 2.48. The smallest absolute Gasteiger partial charge is 0.522 e. The second-order valence-corrected chi connectivity index (χ2v) is 3.84. The maximum Gasteiger partial charge on any atom is 0.522 e. The molecule has 6 heteroatoms. The van der Waals surface area contributed by atoms with E-state index in [1.54, 1.807) is 0 Å². The van der Waals surface area contributed by atoms with Gasteiger partial charge in [0.15, 0.2) is 5.76 Å². The van der Waals surface area contributed by atoms with Gasteiger partial charge in [0.1, 0.15) is 11.4 Å². The lowest BCUT2D eigenvalue weighted by Crippen LogP contribution is -2.30. The zero-order valence-electron chi connectivity index (χ0n) is 9.91. The van der Waals surface area contributed by atoms with Crippen LogP contribution < -0.4 is 0 Å². The Balaban J connectivity index is 2.39. The molecule has 1 aliphatic rings. The van der Waals surface area contributed by atoms with Crippen molar-refractivity contribution in [1.29, 1.82) is 0 Å². The summed E-state index contributed by atoms with van der Waals surface area (Å²) in [7, 11) is 2.28. The van der Waals surface area contributed by atoms with Gasteiger partial charge in [-0.25, -0.2) is 0 Å². The van der Waals surface area contributed by atoms with Gasteiger partial charge in [0.25, 0.3) is 0 Å². The van der Waals surface area contributed by atoms with E-state index in [9.17, 15) is 0 Å². The van der Waals surface area contributed by atoms with Crippen LogP contribution >= 0.6 is 0 Å². The minimum absolute atomic E-state index is 0.310. The van der Waals surface area contributed by atoms with E-state index < -0.39 is 12.6 Å². The first-order valence-corrected chi connectivity index (χ1v) is 4.83. The Hall–Kier alpha value is -1.29. The summed E-state index contributed by atoms with van der Waals surface area (Å²) >= 11 is 0. The Bertz CT molecular complexity index is 325. The lowest BCUT2D eigenvalue weighted by atomic mass is 9.56. The van der Waals surface area contributed by atoms with Gasteiger partial charge in [-0.3, -0.25) is 0 Å². The lowest BCUT2D eigenvalue weighted by molar-refractivity contribution is 0.173. The van der Waals surface area contributed by atoms with Crippen LogP contribution in [0.5, 0.6) is 0 Å². The SMILES string of the molecule is C=C(OC)C(=C)O[B]B1OC(=C)C(C)(C)O1. The summed E-state index contributed by atoms with van der Waals surface area (Å²) in [4.78, 5) is 0. The molecule has 0 aliphatic carbocycles. The molecule has 1 radical (unpaired) electrons. The predicted octanol–water partition coefficient (Wildman–Crippen LogP) is 1.62. The summed E-state index contributed by atoms with van der Waals surface area (Å²) in [6, 6.07) is 0. The Kier molecular flexibility index (Phi) is 3.75. The molecule has 85 valence electrons. The summed E-state index contributed by atoms with van der Waals surface area (Å²) in [5.74, 6) is 1.23. The van der Waals surface area contributed by atoms with Crippen LogP contribution in [-0.2, 0) is 18.7 Å². The van der Waals surface area contributed by atoms with Gasteiger partial charge in [-0.2, -0.15) is 0 Å². The number of rotatable bonds is 5. The van der Waals surface area contributed by atoms with Gasteiger partial charge in [-0.05, 0) is 13.8 Å². The molecule has 0 spiro atoms. The highest BCUT2D eigenvalue weighted by atomic mass is 16.7. The van der Waals surface area contributed by atoms with E-state index in [0.29, 0.717) is 17.3 Å². The zero-order valence-corrected chi connectivity index (χ0v) is 9.91. The molecule has 1 saturated heterocycles. The van der Waals surface area contributed by atoms with Crippen LogP contribution in [0.25, 0.3) is 0 Å². The largest absolute Gasteiger partial charge is 0.561 e. The number of methoxy groups -OCH3 is 1. The van der Waals surface area contributed by atoms with Crippen molar-refractivity contribution in [3.05, 3.63) is 37.0 Å². The van der Waals surface area contributed by atoms with Crippen molar-refractivity contribution in [1.82, 2.24) is 0 Å². The third-order valence-corrected chi connectivity index (χ3v) is 2.22. The second-order valence-electron chi connectivity index (χ2n) is 3.84. The van der Waals surface area contributed by atoms with Crippen molar-refractivity contribution in [2.45, 2.75) is 19.4 Å².